The Morgan fingerprint density at radius 3 is 2.80 bits per heavy atom. The summed E-state index contributed by atoms with van der Waals surface area (Å²) in [5.74, 6) is -0.197. The first-order chi connectivity index (χ1) is 9.56. The number of hydrogen-bond acceptors (Lipinski definition) is 4. The van der Waals surface area contributed by atoms with Crippen LogP contribution < -0.4 is 0 Å². The molecule has 0 aromatic carbocycles. The maximum Gasteiger partial charge on any atom is 0.323 e. The zero-order valence-electron chi connectivity index (χ0n) is 11.1. The molecule has 3 rings (SSSR count). The predicted molar refractivity (Wildman–Crippen MR) is 72.3 cm³/mol. The molecule has 20 heavy (non-hydrogen) atoms. The lowest BCUT2D eigenvalue weighted by molar-refractivity contribution is -0.137. The summed E-state index contributed by atoms with van der Waals surface area (Å²) in [4.78, 5) is 15.4. The van der Waals surface area contributed by atoms with Gasteiger partial charge in [-0.15, -0.1) is 0 Å². The monoisotopic (exact) mass is 271 g/mol. The molecule has 6 heteroatoms. The number of carboxylic acids is 1. The minimum Gasteiger partial charge on any atom is -0.480 e. The number of rotatable bonds is 3. The van der Waals surface area contributed by atoms with Crippen molar-refractivity contribution in [2.45, 2.75) is 20.4 Å². The van der Waals surface area contributed by atoms with Crippen molar-refractivity contribution in [1.29, 1.82) is 0 Å². The highest BCUT2D eigenvalue weighted by Crippen LogP contribution is 2.27. The third-order valence-corrected chi connectivity index (χ3v) is 3.21. The second-order valence-corrected chi connectivity index (χ2v) is 4.65. The Morgan fingerprint density at radius 2 is 2.15 bits per heavy atom. The molecule has 3 aromatic heterocycles. The van der Waals surface area contributed by atoms with Crippen molar-refractivity contribution in [1.82, 2.24) is 14.7 Å². The molecule has 6 nitrogen and oxygen atoms in total. The predicted octanol–water partition coefficient (Wildman–Crippen LogP) is 2.39. The number of fused-ring (bicyclic) bond motifs is 1. The van der Waals surface area contributed by atoms with Crippen LogP contribution in [0.4, 0.5) is 0 Å². The van der Waals surface area contributed by atoms with Crippen molar-refractivity contribution in [2.24, 2.45) is 0 Å². The molecule has 3 aromatic rings. The molecule has 0 bridgehead atoms. The highest BCUT2D eigenvalue weighted by molar-refractivity contribution is 5.81. The molecule has 0 radical (unpaired) electrons. The average molecular weight is 271 g/mol. The van der Waals surface area contributed by atoms with Gasteiger partial charge in [0.05, 0.1) is 17.0 Å². The van der Waals surface area contributed by atoms with Crippen LogP contribution in [0.3, 0.4) is 0 Å². The molecule has 0 saturated heterocycles. The second-order valence-electron chi connectivity index (χ2n) is 4.65. The summed E-state index contributed by atoms with van der Waals surface area (Å²) in [5.41, 5.74) is 3.00. The summed E-state index contributed by atoms with van der Waals surface area (Å²) in [7, 11) is 0. The molecule has 102 valence electrons. The number of carbonyl (C=O) groups is 1. The Hall–Kier alpha value is -2.63. The van der Waals surface area contributed by atoms with Gasteiger partial charge in [-0.1, -0.05) is 5.16 Å². The molecule has 1 N–H and O–H groups in total. The fourth-order valence-corrected chi connectivity index (χ4v) is 2.32. The number of hydrogen-bond donors (Lipinski definition) is 1. The van der Waals surface area contributed by atoms with Gasteiger partial charge in [0, 0.05) is 11.6 Å². The van der Waals surface area contributed by atoms with Crippen LogP contribution in [0.15, 0.2) is 28.9 Å². The molecule has 0 aliphatic carbocycles. The van der Waals surface area contributed by atoms with E-state index in [0.717, 1.165) is 22.3 Å². The number of carboxylic acid groups (broad SMARTS) is 1. The zero-order chi connectivity index (χ0) is 14.3. The lowest BCUT2D eigenvalue weighted by atomic mass is 10.1. The summed E-state index contributed by atoms with van der Waals surface area (Å²) in [6.07, 6.45) is 1.73. The summed E-state index contributed by atoms with van der Waals surface area (Å²) in [5, 5.41) is 13.7. The molecule has 3 heterocycles. The number of aryl methyl sites for hydroxylation is 2. The molecular weight excluding hydrogens is 258 g/mol. The minimum absolute atomic E-state index is 0.110. The van der Waals surface area contributed by atoms with Crippen LogP contribution in [0.2, 0.25) is 0 Å². The summed E-state index contributed by atoms with van der Waals surface area (Å²) in [6, 6.07) is 5.66. The van der Waals surface area contributed by atoms with Gasteiger partial charge in [0.25, 0.3) is 0 Å². The molecule has 0 saturated carbocycles. The third-order valence-electron chi connectivity index (χ3n) is 3.21. The molecule has 0 amide bonds. The summed E-state index contributed by atoms with van der Waals surface area (Å²) >= 11 is 0. The third kappa shape index (κ3) is 1.95. The van der Waals surface area contributed by atoms with Gasteiger partial charge in [0.2, 0.25) is 0 Å². The SMILES string of the molecule is Cc1noc(C)c1-c1ccc2ccn(CC(=O)O)c2n1. The van der Waals surface area contributed by atoms with Crippen LogP contribution in [-0.4, -0.2) is 25.8 Å². The first-order valence-corrected chi connectivity index (χ1v) is 6.17. The number of aliphatic carboxylic acids is 1. The quantitative estimate of drug-likeness (QED) is 0.791. The highest BCUT2D eigenvalue weighted by atomic mass is 16.5. The molecule has 0 fully saturated rings. The smallest absolute Gasteiger partial charge is 0.323 e. The molecule has 0 atom stereocenters. The topological polar surface area (TPSA) is 81.2 Å². The molecular formula is C14H13N3O3. The maximum absolute atomic E-state index is 10.9. The van der Waals surface area contributed by atoms with E-state index in [-0.39, 0.29) is 6.54 Å². The van der Waals surface area contributed by atoms with Gasteiger partial charge in [-0.3, -0.25) is 4.79 Å². The van der Waals surface area contributed by atoms with Crippen molar-refractivity contribution < 1.29 is 14.4 Å². The fraction of sp³-hybridized carbons (Fsp3) is 0.214. The van der Waals surface area contributed by atoms with Crippen molar-refractivity contribution in [2.75, 3.05) is 0 Å². The fourth-order valence-electron chi connectivity index (χ4n) is 2.32. The van der Waals surface area contributed by atoms with Crippen molar-refractivity contribution in [3.05, 3.63) is 35.9 Å². The number of aromatic nitrogens is 3. The zero-order valence-corrected chi connectivity index (χ0v) is 11.1. The van der Waals surface area contributed by atoms with E-state index in [4.69, 9.17) is 9.63 Å². The van der Waals surface area contributed by atoms with Crippen LogP contribution in [-0.2, 0) is 11.3 Å². The first-order valence-electron chi connectivity index (χ1n) is 6.17. The normalized spacial score (nSPS) is 11.1. The summed E-state index contributed by atoms with van der Waals surface area (Å²) in [6.45, 7) is 3.58. The van der Waals surface area contributed by atoms with Gasteiger partial charge >= 0.3 is 5.97 Å². The van der Waals surface area contributed by atoms with Crippen molar-refractivity contribution >= 4 is 17.0 Å². The van der Waals surface area contributed by atoms with E-state index < -0.39 is 5.97 Å². The molecule has 0 aliphatic heterocycles. The highest BCUT2D eigenvalue weighted by Gasteiger charge is 2.14. The first kappa shape index (κ1) is 12.4. The number of nitrogens with zero attached hydrogens (tertiary/aromatic N) is 3. The van der Waals surface area contributed by atoms with Gasteiger partial charge in [0.15, 0.2) is 0 Å². The van der Waals surface area contributed by atoms with Crippen molar-refractivity contribution in [3.8, 4) is 11.3 Å². The van der Waals surface area contributed by atoms with Gasteiger partial charge in [-0.05, 0) is 32.0 Å². The molecule has 0 unspecified atom stereocenters. The summed E-state index contributed by atoms with van der Waals surface area (Å²) < 4.78 is 6.76. The van der Waals surface area contributed by atoms with Gasteiger partial charge in [-0.2, -0.15) is 0 Å². The van der Waals surface area contributed by atoms with E-state index in [0.29, 0.717) is 11.4 Å². The lowest BCUT2D eigenvalue weighted by Crippen LogP contribution is -2.08. The van der Waals surface area contributed by atoms with Gasteiger partial charge < -0.3 is 14.2 Å². The van der Waals surface area contributed by atoms with E-state index >= 15 is 0 Å². The van der Waals surface area contributed by atoms with Crippen molar-refractivity contribution in [3.63, 3.8) is 0 Å². The van der Waals surface area contributed by atoms with E-state index in [1.165, 1.54) is 0 Å². The Balaban J connectivity index is 2.17. The Kier molecular flexibility index (Phi) is 2.78. The Bertz CT molecular complexity index is 782. The standard InChI is InChI=1S/C14H13N3O3/c1-8-13(9(2)20-16-8)11-4-3-10-5-6-17(7-12(18)19)14(10)15-11/h3-6H,7H2,1-2H3,(H,18,19). The Morgan fingerprint density at radius 1 is 1.35 bits per heavy atom. The van der Waals surface area contributed by atoms with E-state index in [1.54, 1.807) is 10.8 Å². The van der Waals surface area contributed by atoms with E-state index in [1.807, 2.05) is 32.0 Å². The lowest BCUT2D eigenvalue weighted by Gasteiger charge is -2.03. The van der Waals surface area contributed by atoms with Crippen LogP contribution in [0.1, 0.15) is 11.5 Å². The van der Waals surface area contributed by atoms with Crippen LogP contribution in [0.5, 0.6) is 0 Å². The van der Waals surface area contributed by atoms with Crippen LogP contribution in [0, 0.1) is 13.8 Å². The van der Waals surface area contributed by atoms with Gasteiger partial charge in [-0.25, -0.2) is 4.98 Å². The van der Waals surface area contributed by atoms with E-state index in [9.17, 15) is 4.79 Å². The largest absolute Gasteiger partial charge is 0.480 e. The maximum atomic E-state index is 10.9. The molecule has 0 spiro atoms. The van der Waals surface area contributed by atoms with Crippen LogP contribution >= 0.6 is 0 Å². The molecule has 0 aliphatic rings. The van der Waals surface area contributed by atoms with Crippen LogP contribution in [0.25, 0.3) is 22.3 Å². The van der Waals surface area contributed by atoms with Gasteiger partial charge in [0.1, 0.15) is 18.0 Å². The Labute approximate surface area is 114 Å². The average Bonchev–Trinajstić information content (AvgIpc) is 2.93. The number of pyridine rings is 1. The second kappa shape index (κ2) is 4.48. The van der Waals surface area contributed by atoms with E-state index in [2.05, 4.69) is 10.1 Å². The minimum atomic E-state index is -0.896.